The van der Waals surface area contributed by atoms with Crippen LogP contribution in [-0.2, 0) is 0 Å². The Morgan fingerprint density at radius 2 is 1.69 bits per heavy atom. The van der Waals surface area contributed by atoms with Gasteiger partial charge in [0.2, 0.25) is 0 Å². The molecule has 0 unspecified atom stereocenters. The zero-order chi connectivity index (χ0) is 20.4. The van der Waals surface area contributed by atoms with Gasteiger partial charge in [0.25, 0.3) is 5.56 Å². The highest BCUT2D eigenvalue weighted by molar-refractivity contribution is 5.95. The molecular formula is C24H20FN3O. The molecule has 144 valence electrons. The second-order valence-electron chi connectivity index (χ2n) is 7.08. The van der Waals surface area contributed by atoms with E-state index in [-0.39, 0.29) is 17.4 Å². The summed E-state index contributed by atoms with van der Waals surface area (Å²) in [4.78, 5) is 17.5. The van der Waals surface area contributed by atoms with E-state index in [1.54, 1.807) is 18.2 Å². The quantitative estimate of drug-likeness (QED) is 0.463. The molecule has 1 heterocycles. The molecule has 0 radical (unpaired) electrons. The van der Waals surface area contributed by atoms with Gasteiger partial charge in [-0.05, 0) is 55.8 Å². The van der Waals surface area contributed by atoms with Crippen LogP contribution in [0.5, 0.6) is 0 Å². The molecule has 4 aromatic rings. The van der Waals surface area contributed by atoms with Crippen molar-refractivity contribution in [3.05, 3.63) is 94.5 Å². The summed E-state index contributed by atoms with van der Waals surface area (Å²) in [5, 5.41) is 5.97. The van der Waals surface area contributed by atoms with E-state index >= 15 is 0 Å². The SMILES string of the molecule is CC(C)N=Cc1cccc(-c2nn(-c3ccc(F)cc3)c(=O)c3ccccc23)c1. The number of benzene rings is 3. The van der Waals surface area contributed by atoms with Crippen molar-refractivity contribution in [3.63, 3.8) is 0 Å². The lowest BCUT2D eigenvalue weighted by molar-refractivity contribution is 0.626. The number of fused-ring (bicyclic) bond motifs is 1. The summed E-state index contributed by atoms with van der Waals surface area (Å²) in [7, 11) is 0. The third-order valence-electron chi connectivity index (χ3n) is 4.56. The van der Waals surface area contributed by atoms with Crippen molar-refractivity contribution in [2.45, 2.75) is 19.9 Å². The molecule has 3 aromatic carbocycles. The molecule has 0 N–H and O–H groups in total. The zero-order valence-corrected chi connectivity index (χ0v) is 16.2. The summed E-state index contributed by atoms with van der Waals surface area (Å²) in [5.74, 6) is -0.361. The van der Waals surface area contributed by atoms with E-state index in [9.17, 15) is 9.18 Å². The Morgan fingerprint density at radius 3 is 2.41 bits per heavy atom. The van der Waals surface area contributed by atoms with E-state index in [0.717, 1.165) is 16.5 Å². The summed E-state index contributed by atoms with van der Waals surface area (Å²) in [6.07, 6.45) is 1.84. The zero-order valence-electron chi connectivity index (χ0n) is 16.2. The third-order valence-corrected chi connectivity index (χ3v) is 4.56. The Hall–Kier alpha value is -3.60. The van der Waals surface area contributed by atoms with Crippen molar-refractivity contribution in [1.82, 2.24) is 9.78 Å². The standard InChI is InChI=1S/C24H20FN3O/c1-16(2)26-15-17-6-5-7-18(14-17)23-21-8-3-4-9-22(21)24(29)28(27-23)20-12-10-19(25)11-13-20/h3-16H,1-2H3. The first-order valence-electron chi connectivity index (χ1n) is 9.44. The summed E-state index contributed by atoms with van der Waals surface area (Å²) in [5.41, 5.74) is 2.80. The Morgan fingerprint density at radius 1 is 0.966 bits per heavy atom. The van der Waals surface area contributed by atoms with Crippen molar-refractivity contribution in [2.75, 3.05) is 0 Å². The Kier molecular flexibility index (Phi) is 5.04. The normalized spacial score (nSPS) is 11.6. The Labute approximate surface area is 168 Å². The number of halogens is 1. The average molecular weight is 385 g/mol. The van der Waals surface area contributed by atoms with Crippen LogP contribution < -0.4 is 5.56 Å². The number of aliphatic imine (C=N–C) groups is 1. The van der Waals surface area contributed by atoms with Crippen LogP contribution in [0.2, 0.25) is 0 Å². The number of hydrogen-bond acceptors (Lipinski definition) is 3. The molecule has 0 atom stereocenters. The molecule has 4 nitrogen and oxygen atoms in total. The van der Waals surface area contributed by atoms with E-state index in [4.69, 9.17) is 0 Å². The topological polar surface area (TPSA) is 47.2 Å². The second kappa shape index (κ2) is 7.80. The van der Waals surface area contributed by atoms with E-state index in [1.165, 1.54) is 16.8 Å². The highest BCUT2D eigenvalue weighted by atomic mass is 19.1. The first-order chi connectivity index (χ1) is 14.0. The fourth-order valence-electron chi connectivity index (χ4n) is 3.16. The molecular weight excluding hydrogens is 365 g/mol. The van der Waals surface area contributed by atoms with Crippen molar-refractivity contribution in [2.24, 2.45) is 4.99 Å². The maximum Gasteiger partial charge on any atom is 0.279 e. The van der Waals surface area contributed by atoms with Crippen molar-refractivity contribution >= 4 is 17.0 Å². The van der Waals surface area contributed by atoms with Gasteiger partial charge in [-0.15, -0.1) is 0 Å². The third kappa shape index (κ3) is 3.85. The van der Waals surface area contributed by atoms with Crippen LogP contribution in [0.15, 0.2) is 82.6 Å². The van der Waals surface area contributed by atoms with Crippen LogP contribution in [0.25, 0.3) is 27.7 Å². The molecule has 0 saturated heterocycles. The molecule has 0 amide bonds. The van der Waals surface area contributed by atoms with Gasteiger partial charge in [0.1, 0.15) is 5.82 Å². The summed E-state index contributed by atoms with van der Waals surface area (Å²) < 4.78 is 14.7. The minimum absolute atomic E-state index is 0.206. The van der Waals surface area contributed by atoms with Crippen LogP contribution in [0.3, 0.4) is 0 Å². The molecule has 0 bridgehead atoms. The number of nitrogens with zero attached hydrogens (tertiary/aromatic N) is 3. The van der Waals surface area contributed by atoms with Gasteiger partial charge in [-0.25, -0.2) is 4.39 Å². The lowest BCUT2D eigenvalue weighted by atomic mass is 10.0. The lowest BCUT2D eigenvalue weighted by Crippen LogP contribution is -2.22. The first kappa shape index (κ1) is 18.7. The molecule has 0 aliphatic heterocycles. The van der Waals surface area contributed by atoms with Gasteiger partial charge in [-0.2, -0.15) is 9.78 Å². The Balaban J connectivity index is 1.95. The monoisotopic (exact) mass is 385 g/mol. The molecule has 0 saturated carbocycles. The summed E-state index contributed by atoms with van der Waals surface area (Å²) in [6, 6.07) is 21.2. The lowest BCUT2D eigenvalue weighted by Gasteiger charge is -2.12. The van der Waals surface area contributed by atoms with Crippen LogP contribution in [0.1, 0.15) is 19.4 Å². The van der Waals surface area contributed by atoms with Gasteiger partial charge in [-0.1, -0.05) is 36.4 Å². The van der Waals surface area contributed by atoms with E-state index < -0.39 is 0 Å². The van der Waals surface area contributed by atoms with Crippen LogP contribution in [-0.4, -0.2) is 22.0 Å². The first-order valence-corrected chi connectivity index (χ1v) is 9.44. The maximum atomic E-state index is 13.4. The van der Waals surface area contributed by atoms with Crippen LogP contribution in [0.4, 0.5) is 4.39 Å². The summed E-state index contributed by atoms with van der Waals surface area (Å²) in [6.45, 7) is 4.04. The predicted molar refractivity (Wildman–Crippen MR) is 115 cm³/mol. The maximum absolute atomic E-state index is 13.4. The molecule has 0 spiro atoms. The number of aromatic nitrogens is 2. The fourth-order valence-corrected chi connectivity index (χ4v) is 3.16. The van der Waals surface area contributed by atoms with Gasteiger partial charge in [0, 0.05) is 23.2 Å². The molecule has 4 rings (SSSR count). The van der Waals surface area contributed by atoms with Crippen LogP contribution >= 0.6 is 0 Å². The van der Waals surface area contributed by atoms with Crippen molar-refractivity contribution in [3.8, 4) is 16.9 Å². The van der Waals surface area contributed by atoms with Gasteiger partial charge < -0.3 is 0 Å². The minimum Gasteiger partial charge on any atom is -0.290 e. The molecule has 0 aliphatic carbocycles. The van der Waals surface area contributed by atoms with Gasteiger partial charge in [0.15, 0.2) is 0 Å². The molecule has 0 aliphatic rings. The van der Waals surface area contributed by atoms with Gasteiger partial charge >= 0.3 is 0 Å². The van der Waals surface area contributed by atoms with Crippen molar-refractivity contribution in [1.29, 1.82) is 0 Å². The van der Waals surface area contributed by atoms with E-state index in [1.807, 2.05) is 62.5 Å². The summed E-state index contributed by atoms with van der Waals surface area (Å²) >= 11 is 0. The van der Waals surface area contributed by atoms with Crippen LogP contribution in [0, 0.1) is 5.82 Å². The number of rotatable bonds is 4. The van der Waals surface area contributed by atoms with E-state index in [0.29, 0.717) is 16.8 Å². The van der Waals surface area contributed by atoms with Gasteiger partial charge in [0.05, 0.1) is 16.8 Å². The molecule has 5 heteroatoms. The second-order valence-corrected chi connectivity index (χ2v) is 7.08. The smallest absolute Gasteiger partial charge is 0.279 e. The average Bonchev–Trinajstić information content (AvgIpc) is 2.74. The number of hydrogen-bond donors (Lipinski definition) is 0. The minimum atomic E-state index is -0.361. The molecule has 29 heavy (non-hydrogen) atoms. The van der Waals surface area contributed by atoms with Gasteiger partial charge in [-0.3, -0.25) is 9.79 Å². The molecule has 1 aromatic heterocycles. The highest BCUT2D eigenvalue weighted by Gasteiger charge is 2.13. The Bertz CT molecular complexity index is 1260. The molecule has 0 fully saturated rings. The predicted octanol–water partition coefficient (Wildman–Crippen LogP) is 5.02. The highest BCUT2D eigenvalue weighted by Crippen LogP contribution is 2.26. The largest absolute Gasteiger partial charge is 0.290 e. The van der Waals surface area contributed by atoms with Crippen molar-refractivity contribution < 1.29 is 4.39 Å². The fraction of sp³-hybridized carbons (Fsp3) is 0.125. The van der Waals surface area contributed by atoms with E-state index in [2.05, 4.69) is 10.1 Å².